The van der Waals surface area contributed by atoms with Crippen LogP contribution >= 0.6 is 0 Å². The number of furan rings is 1. The van der Waals surface area contributed by atoms with Gasteiger partial charge in [-0.1, -0.05) is 13.3 Å². The van der Waals surface area contributed by atoms with Gasteiger partial charge < -0.3 is 23.4 Å². The molecule has 7 atom stereocenters. The highest BCUT2D eigenvalue weighted by Gasteiger charge is 2.77. The van der Waals surface area contributed by atoms with E-state index in [1.807, 2.05) is 13.0 Å². The molecular weight excluding hydrogens is 416 g/mol. The molecule has 1 aromatic rings. The second-order valence-electron chi connectivity index (χ2n) is 9.95. The third-order valence-electron chi connectivity index (χ3n) is 8.49. The van der Waals surface area contributed by atoms with Gasteiger partial charge in [-0.2, -0.15) is 0 Å². The number of hydrogen-bond acceptors (Lipinski definition) is 8. The molecule has 174 valence electrons. The van der Waals surface area contributed by atoms with Gasteiger partial charge in [-0.3, -0.25) is 14.4 Å². The van der Waals surface area contributed by atoms with Gasteiger partial charge in [0.25, 0.3) is 0 Å². The molecule has 4 fully saturated rings. The minimum Gasteiger partial charge on any atom is -0.472 e. The van der Waals surface area contributed by atoms with Crippen molar-refractivity contribution in [2.24, 2.45) is 22.7 Å². The Hall–Kier alpha value is -2.19. The number of carbonyl (C=O) groups is 3. The van der Waals surface area contributed by atoms with Crippen LogP contribution in [0.4, 0.5) is 0 Å². The first-order valence-electron chi connectivity index (χ1n) is 11.4. The predicted octanol–water partition coefficient (Wildman–Crippen LogP) is 3.34. The van der Waals surface area contributed by atoms with Crippen molar-refractivity contribution in [3.8, 4) is 0 Å². The van der Waals surface area contributed by atoms with E-state index in [9.17, 15) is 14.4 Å². The van der Waals surface area contributed by atoms with Crippen LogP contribution in [0.25, 0.3) is 0 Å². The average molecular weight is 446 g/mol. The first-order chi connectivity index (χ1) is 15.2. The molecule has 0 aromatic carbocycles. The van der Waals surface area contributed by atoms with Crippen molar-refractivity contribution in [3.05, 3.63) is 24.2 Å². The molecule has 8 heteroatoms. The summed E-state index contributed by atoms with van der Waals surface area (Å²) in [6.07, 6.45) is 5.38. The van der Waals surface area contributed by atoms with Gasteiger partial charge >= 0.3 is 11.9 Å². The van der Waals surface area contributed by atoms with Crippen molar-refractivity contribution >= 4 is 17.7 Å². The summed E-state index contributed by atoms with van der Waals surface area (Å²) < 4.78 is 29.0. The van der Waals surface area contributed by atoms with Crippen LogP contribution in [-0.2, 0) is 33.3 Å². The lowest BCUT2D eigenvalue weighted by atomic mass is 9.43. The maximum atomic E-state index is 13.8. The molecule has 0 amide bonds. The van der Waals surface area contributed by atoms with Crippen LogP contribution in [0.15, 0.2) is 23.0 Å². The number of rotatable bonds is 4. The molecule has 2 spiro atoms. The van der Waals surface area contributed by atoms with E-state index in [0.29, 0.717) is 19.4 Å². The summed E-state index contributed by atoms with van der Waals surface area (Å²) in [5, 5.41) is 0. The summed E-state index contributed by atoms with van der Waals surface area (Å²) in [7, 11) is 0. The third kappa shape index (κ3) is 2.91. The second-order valence-corrected chi connectivity index (χ2v) is 9.95. The van der Waals surface area contributed by atoms with Crippen LogP contribution in [0, 0.1) is 22.7 Å². The highest BCUT2D eigenvalue weighted by Crippen LogP contribution is 2.71. The fraction of sp³-hybridized carbons (Fsp3) is 0.708. The molecule has 5 rings (SSSR count). The van der Waals surface area contributed by atoms with Crippen LogP contribution in [0.5, 0.6) is 0 Å². The van der Waals surface area contributed by atoms with Gasteiger partial charge in [0, 0.05) is 31.2 Å². The van der Waals surface area contributed by atoms with Crippen LogP contribution < -0.4 is 0 Å². The minimum atomic E-state index is -0.962. The molecule has 32 heavy (non-hydrogen) atoms. The van der Waals surface area contributed by atoms with Gasteiger partial charge in [-0.05, 0) is 37.2 Å². The lowest BCUT2D eigenvalue weighted by Crippen LogP contribution is -2.67. The molecule has 0 unspecified atom stereocenters. The number of epoxide rings is 1. The van der Waals surface area contributed by atoms with Crippen molar-refractivity contribution in [1.82, 2.24) is 0 Å². The van der Waals surface area contributed by atoms with E-state index in [4.69, 9.17) is 23.4 Å². The van der Waals surface area contributed by atoms with Gasteiger partial charge in [0.1, 0.15) is 18.0 Å². The number of fused-ring (bicyclic) bond motifs is 3. The molecule has 0 bridgehead atoms. The van der Waals surface area contributed by atoms with Gasteiger partial charge in [0.2, 0.25) is 6.29 Å². The van der Waals surface area contributed by atoms with Crippen LogP contribution in [-0.4, -0.2) is 42.8 Å². The smallest absolute Gasteiger partial charge is 0.304 e. The Kier molecular flexibility index (Phi) is 5.02. The van der Waals surface area contributed by atoms with Crippen molar-refractivity contribution in [1.29, 1.82) is 0 Å². The number of esters is 2. The molecule has 2 saturated carbocycles. The molecule has 2 saturated heterocycles. The zero-order chi connectivity index (χ0) is 22.7. The van der Waals surface area contributed by atoms with Gasteiger partial charge in [0.15, 0.2) is 0 Å². The summed E-state index contributed by atoms with van der Waals surface area (Å²) in [6.45, 7) is 5.24. The number of ether oxygens (including phenoxy) is 4. The summed E-state index contributed by atoms with van der Waals surface area (Å²) in [5.74, 6) is -1.06. The first kappa shape index (κ1) is 21.6. The number of ketones is 1. The van der Waals surface area contributed by atoms with E-state index in [-0.39, 0.29) is 30.3 Å². The Morgan fingerprint density at radius 2 is 2.03 bits per heavy atom. The minimum absolute atomic E-state index is 0.0104. The van der Waals surface area contributed by atoms with Crippen molar-refractivity contribution in [2.45, 2.75) is 70.9 Å². The maximum Gasteiger partial charge on any atom is 0.304 e. The molecule has 2 aliphatic carbocycles. The van der Waals surface area contributed by atoms with Crippen molar-refractivity contribution in [3.63, 3.8) is 0 Å². The summed E-state index contributed by atoms with van der Waals surface area (Å²) in [5.41, 5.74) is -1.32. The van der Waals surface area contributed by atoms with Gasteiger partial charge in [-0.25, -0.2) is 0 Å². The lowest BCUT2D eigenvalue weighted by Gasteiger charge is -2.59. The standard InChI is InChI=1S/C24H30O8/c1-14-9-20(27)24(13-29-15(2)25)19(5-4-7-22(24)12-30-22)23(14)10-18(17-6-8-28-11-17)32-21(23)31-16(3)26/h6,8,11,14,18-19,21H,4-5,7,9-10,12-13H2,1-3H3/t14-,18-,19+,21+,22+,23-,24+/m0/s1. The highest BCUT2D eigenvalue weighted by molar-refractivity contribution is 5.89. The molecule has 1 aromatic heterocycles. The topological polar surface area (TPSA) is 105 Å². The number of Topliss-reactive ketones (excluding diaryl/α,β-unsaturated/α-hetero) is 1. The predicted molar refractivity (Wildman–Crippen MR) is 109 cm³/mol. The molecule has 2 aliphatic heterocycles. The maximum absolute atomic E-state index is 13.8. The van der Waals surface area contributed by atoms with E-state index in [1.165, 1.54) is 13.8 Å². The van der Waals surface area contributed by atoms with E-state index in [0.717, 1.165) is 24.8 Å². The second kappa shape index (κ2) is 7.42. The normalized spacial score (nSPS) is 42.7. The summed E-state index contributed by atoms with van der Waals surface area (Å²) in [6, 6.07) is 1.85. The average Bonchev–Trinajstić information content (AvgIpc) is 3.14. The summed E-state index contributed by atoms with van der Waals surface area (Å²) >= 11 is 0. The zero-order valence-corrected chi connectivity index (χ0v) is 18.8. The quantitative estimate of drug-likeness (QED) is 0.512. The van der Waals surface area contributed by atoms with E-state index in [2.05, 4.69) is 0 Å². The first-order valence-corrected chi connectivity index (χ1v) is 11.4. The Bertz CT molecular complexity index is 918. The molecule has 0 N–H and O–H groups in total. The fourth-order valence-corrected chi connectivity index (χ4v) is 6.99. The largest absolute Gasteiger partial charge is 0.472 e. The van der Waals surface area contributed by atoms with E-state index in [1.54, 1.807) is 12.5 Å². The molecular formula is C24H30O8. The molecule has 4 aliphatic rings. The zero-order valence-electron chi connectivity index (χ0n) is 18.8. The Morgan fingerprint density at radius 3 is 2.66 bits per heavy atom. The molecule has 8 nitrogen and oxygen atoms in total. The fourth-order valence-electron chi connectivity index (χ4n) is 6.99. The van der Waals surface area contributed by atoms with Crippen molar-refractivity contribution in [2.75, 3.05) is 13.2 Å². The molecule has 3 heterocycles. The van der Waals surface area contributed by atoms with Gasteiger partial charge in [-0.15, -0.1) is 0 Å². The lowest BCUT2D eigenvalue weighted by molar-refractivity contribution is -0.235. The van der Waals surface area contributed by atoms with E-state index >= 15 is 0 Å². The molecule has 0 radical (unpaired) electrons. The number of carbonyl (C=O) groups excluding carboxylic acids is 3. The Balaban J connectivity index is 1.63. The Labute approximate surface area is 186 Å². The SMILES string of the molecule is CC(=O)OC[C@]12C(=O)C[C@H](C)[C@@]3(C[C@@H](c4ccoc4)O[C@H]3OC(C)=O)[C@H]1CCC[C@@]21CO1. The van der Waals surface area contributed by atoms with Crippen molar-refractivity contribution < 1.29 is 37.7 Å². The highest BCUT2D eigenvalue weighted by atomic mass is 16.7. The monoisotopic (exact) mass is 446 g/mol. The van der Waals surface area contributed by atoms with E-state index < -0.39 is 34.7 Å². The number of hydrogen-bond donors (Lipinski definition) is 0. The summed E-state index contributed by atoms with van der Waals surface area (Å²) in [4.78, 5) is 37.7. The van der Waals surface area contributed by atoms with Gasteiger partial charge in [0.05, 0.1) is 30.7 Å². The van der Waals surface area contributed by atoms with Crippen LogP contribution in [0.3, 0.4) is 0 Å². The van der Waals surface area contributed by atoms with Crippen LogP contribution in [0.1, 0.15) is 64.5 Å². The van der Waals surface area contributed by atoms with Crippen LogP contribution in [0.2, 0.25) is 0 Å². The third-order valence-corrected chi connectivity index (χ3v) is 8.49. The Morgan fingerprint density at radius 1 is 1.25 bits per heavy atom.